The minimum absolute atomic E-state index is 0.00455. The standard InChI is InChI=1S/C19H16N2O5/c1-25-16-5-3-2-4-14(16)12-20-19(22)18-11-10-17(26-18)13-6-8-15(9-7-13)21(23)24/h2-11H,12H2,1H3,(H,20,22). The molecule has 0 fully saturated rings. The van der Waals surface area contributed by atoms with Crippen molar-refractivity contribution in [3.8, 4) is 17.1 Å². The highest BCUT2D eigenvalue weighted by Crippen LogP contribution is 2.24. The SMILES string of the molecule is COc1ccccc1CNC(=O)c1ccc(-c2ccc([N+](=O)[O-])cc2)o1. The van der Waals surface area contributed by atoms with Crippen molar-refractivity contribution in [3.63, 3.8) is 0 Å². The smallest absolute Gasteiger partial charge is 0.287 e. The van der Waals surface area contributed by atoms with E-state index in [1.54, 1.807) is 31.4 Å². The van der Waals surface area contributed by atoms with Crippen LogP contribution in [0.5, 0.6) is 5.75 Å². The van der Waals surface area contributed by atoms with E-state index >= 15 is 0 Å². The molecule has 0 aliphatic heterocycles. The lowest BCUT2D eigenvalue weighted by Crippen LogP contribution is -2.22. The summed E-state index contributed by atoms with van der Waals surface area (Å²) in [4.78, 5) is 22.5. The molecule has 0 aliphatic carbocycles. The molecule has 132 valence electrons. The first kappa shape index (κ1) is 17.2. The molecule has 3 rings (SSSR count). The summed E-state index contributed by atoms with van der Waals surface area (Å²) < 4.78 is 10.8. The van der Waals surface area contributed by atoms with E-state index in [0.29, 0.717) is 23.6 Å². The van der Waals surface area contributed by atoms with Crippen LogP contribution in [0.4, 0.5) is 5.69 Å². The molecule has 1 aromatic heterocycles. The number of para-hydroxylation sites is 1. The highest BCUT2D eigenvalue weighted by atomic mass is 16.6. The van der Waals surface area contributed by atoms with Crippen LogP contribution >= 0.6 is 0 Å². The Morgan fingerprint density at radius 1 is 1.12 bits per heavy atom. The number of nitrogens with zero attached hydrogens (tertiary/aromatic N) is 1. The number of methoxy groups -OCH3 is 1. The van der Waals surface area contributed by atoms with Crippen LogP contribution in [0.25, 0.3) is 11.3 Å². The molecule has 0 radical (unpaired) electrons. The van der Waals surface area contributed by atoms with Gasteiger partial charge in [0.1, 0.15) is 11.5 Å². The zero-order valence-electron chi connectivity index (χ0n) is 14.0. The Bertz CT molecular complexity index is 931. The van der Waals surface area contributed by atoms with E-state index in [2.05, 4.69) is 5.32 Å². The number of hydrogen-bond donors (Lipinski definition) is 1. The van der Waals surface area contributed by atoms with Gasteiger partial charge >= 0.3 is 0 Å². The lowest BCUT2D eigenvalue weighted by Gasteiger charge is -2.08. The minimum atomic E-state index is -0.470. The Kier molecular flexibility index (Phi) is 4.98. The number of ether oxygens (including phenoxy) is 1. The molecule has 0 unspecified atom stereocenters. The molecule has 0 atom stereocenters. The summed E-state index contributed by atoms with van der Waals surface area (Å²) in [5, 5.41) is 13.5. The first-order valence-corrected chi connectivity index (χ1v) is 7.83. The summed E-state index contributed by atoms with van der Waals surface area (Å²) in [5.74, 6) is 0.957. The number of carbonyl (C=O) groups excluding carboxylic acids is 1. The molecular formula is C19H16N2O5. The van der Waals surface area contributed by atoms with Crippen molar-refractivity contribution in [3.05, 3.63) is 82.1 Å². The molecule has 1 N–H and O–H groups in total. The quantitative estimate of drug-likeness (QED) is 0.538. The van der Waals surface area contributed by atoms with E-state index in [0.717, 1.165) is 5.56 Å². The summed E-state index contributed by atoms with van der Waals surface area (Å²) in [6, 6.07) is 16.5. The van der Waals surface area contributed by atoms with Gasteiger partial charge in [-0.05, 0) is 30.3 Å². The zero-order valence-corrected chi connectivity index (χ0v) is 14.0. The molecule has 1 amide bonds. The van der Waals surface area contributed by atoms with Crippen LogP contribution in [0.2, 0.25) is 0 Å². The molecule has 0 saturated heterocycles. The number of rotatable bonds is 6. The number of nitrogens with one attached hydrogen (secondary N) is 1. The molecule has 7 nitrogen and oxygen atoms in total. The molecule has 3 aromatic rings. The lowest BCUT2D eigenvalue weighted by atomic mass is 10.1. The van der Waals surface area contributed by atoms with Gasteiger partial charge in [0.15, 0.2) is 5.76 Å². The fraction of sp³-hybridized carbons (Fsp3) is 0.105. The maximum absolute atomic E-state index is 12.3. The summed E-state index contributed by atoms with van der Waals surface area (Å²) in [6.07, 6.45) is 0. The number of non-ortho nitro benzene ring substituents is 1. The fourth-order valence-corrected chi connectivity index (χ4v) is 2.47. The van der Waals surface area contributed by atoms with Crippen LogP contribution in [0.1, 0.15) is 16.1 Å². The van der Waals surface area contributed by atoms with E-state index in [9.17, 15) is 14.9 Å². The van der Waals surface area contributed by atoms with E-state index in [-0.39, 0.29) is 17.4 Å². The highest BCUT2D eigenvalue weighted by Gasteiger charge is 2.14. The number of nitro groups is 1. The van der Waals surface area contributed by atoms with E-state index in [1.807, 2.05) is 24.3 Å². The highest BCUT2D eigenvalue weighted by molar-refractivity contribution is 5.92. The van der Waals surface area contributed by atoms with Gasteiger partial charge in [-0.3, -0.25) is 14.9 Å². The van der Waals surface area contributed by atoms with E-state index in [1.165, 1.54) is 12.1 Å². The second-order valence-electron chi connectivity index (χ2n) is 5.46. The molecule has 2 aromatic carbocycles. The number of amides is 1. The van der Waals surface area contributed by atoms with Crippen molar-refractivity contribution >= 4 is 11.6 Å². The van der Waals surface area contributed by atoms with Gasteiger partial charge in [-0.15, -0.1) is 0 Å². The maximum Gasteiger partial charge on any atom is 0.287 e. The maximum atomic E-state index is 12.3. The Labute approximate surface area is 149 Å². The second kappa shape index (κ2) is 7.52. The third-order valence-electron chi connectivity index (χ3n) is 3.82. The molecule has 0 bridgehead atoms. The van der Waals surface area contributed by atoms with Crippen LogP contribution in [-0.4, -0.2) is 17.9 Å². The monoisotopic (exact) mass is 352 g/mol. The number of benzene rings is 2. The van der Waals surface area contributed by atoms with Crippen molar-refractivity contribution in [2.45, 2.75) is 6.54 Å². The van der Waals surface area contributed by atoms with Crippen LogP contribution < -0.4 is 10.1 Å². The van der Waals surface area contributed by atoms with Crippen molar-refractivity contribution in [1.82, 2.24) is 5.32 Å². The largest absolute Gasteiger partial charge is 0.496 e. The Balaban J connectivity index is 1.69. The van der Waals surface area contributed by atoms with E-state index in [4.69, 9.17) is 9.15 Å². The molecule has 7 heteroatoms. The molecule has 0 spiro atoms. The van der Waals surface area contributed by atoms with Crippen LogP contribution in [-0.2, 0) is 6.54 Å². The van der Waals surface area contributed by atoms with Gasteiger partial charge in [-0.25, -0.2) is 0 Å². The second-order valence-corrected chi connectivity index (χ2v) is 5.46. The topological polar surface area (TPSA) is 94.6 Å². The molecule has 26 heavy (non-hydrogen) atoms. The van der Waals surface area contributed by atoms with Crippen molar-refractivity contribution in [2.75, 3.05) is 7.11 Å². The minimum Gasteiger partial charge on any atom is -0.496 e. The predicted molar refractivity (Wildman–Crippen MR) is 95.0 cm³/mol. The first-order valence-electron chi connectivity index (χ1n) is 7.83. The van der Waals surface area contributed by atoms with Gasteiger partial charge < -0.3 is 14.5 Å². The molecule has 0 saturated carbocycles. The van der Waals surface area contributed by atoms with Gasteiger partial charge in [0, 0.05) is 29.8 Å². The van der Waals surface area contributed by atoms with Gasteiger partial charge in [-0.1, -0.05) is 18.2 Å². The van der Waals surface area contributed by atoms with Crippen molar-refractivity contribution in [1.29, 1.82) is 0 Å². The zero-order chi connectivity index (χ0) is 18.5. The summed E-state index contributed by atoms with van der Waals surface area (Å²) in [7, 11) is 1.57. The number of carbonyl (C=O) groups is 1. The van der Waals surface area contributed by atoms with Gasteiger partial charge in [0.2, 0.25) is 0 Å². The third kappa shape index (κ3) is 3.72. The number of hydrogen-bond acceptors (Lipinski definition) is 5. The van der Waals surface area contributed by atoms with Crippen LogP contribution in [0.3, 0.4) is 0 Å². The van der Waals surface area contributed by atoms with Gasteiger partial charge in [-0.2, -0.15) is 0 Å². The number of furan rings is 1. The van der Waals surface area contributed by atoms with Crippen molar-refractivity contribution in [2.24, 2.45) is 0 Å². The first-order chi connectivity index (χ1) is 12.6. The lowest BCUT2D eigenvalue weighted by molar-refractivity contribution is -0.384. The molecule has 0 aliphatic rings. The Hall–Kier alpha value is -3.61. The Morgan fingerprint density at radius 3 is 2.54 bits per heavy atom. The third-order valence-corrected chi connectivity index (χ3v) is 3.82. The summed E-state index contributed by atoms with van der Waals surface area (Å²) in [6.45, 7) is 0.302. The average Bonchev–Trinajstić information content (AvgIpc) is 3.16. The molecule has 1 heterocycles. The normalized spacial score (nSPS) is 10.3. The average molecular weight is 352 g/mol. The predicted octanol–water partition coefficient (Wildman–Crippen LogP) is 3.79. The van der Waals surface area contributed by atoms with Crippen LogP contribution in [0, 0.1) is 10.1 Å². The fourth-order valence-electron chi connectivity index (χ4n) is 2.47. The van der Waals surface area contributed by atoms with Gasteiger partial charge in [0.05, 0.1) is 12.0 Å². The van der Waals surface area contributed by atoms with E-state index < -0.39 is 4.92 Å². The van der Waals surface area contributed by atoms with Gasteiger partial charge in [0.25, 0.3) is 11.6 Å². The van der Waals surface area contributed by atoms with Crippen LogP contribution in [0.15, 0.2) is 65.1 Å². The molecular weight excluding hydrogens is 336 g/mol. The Morgan fingerprint density at radius 2 is 1.85 bits per heavy atom. The summed E-state index contributed by atoms with van der Waals surface area (Å²) >= 11 is 0. The van der Waals surface area contributed by atoms with Crippen molar-refractivity contribution < 1.29 is 18.9 Å². The number of nitro benzene ring substituents is 1. The summed E-state index contributed by atoms with van der Waals surface area (Å²) in [5.41, 5.74) is 1.50.